The molecule has 1 aromatic carbocycles. The number of hydrogen-bond acceptors (Lipinski definition) is 4. The van der Waals surface area contributed by atoms with Crippen molar-refractivity contribution in [2.75, 3.05) is 5.32 Å². The zero-order valence-electron chi connectivity index (χ0n) is 14.3. The van der Waals surface area contributed by atoms with E-state index >= 15 is 0 Å². The number of nitrogens with zero attached hydrogens (tertiary/aromatic N) is 2. The van der Waals surface area contributed by atoms with Crippen LogP contribution in [-0.4, -0.2) is 15.9 Å². The van der Waals surface area contributed by atoms with Crippen LogP contribution in [0.5, 0.6) is 0 Å². The summed E-state index contributed by atoms with van der Waals surface area (Å²) >= 11 is 1.87. The number of rotatable bonds is 3. The van der Waals surface area contributed by atoms with Gasteiger partial charge in [0.05, 0.1) is 18.1 Å². The van der Waals surface area contributed by atoms with E-state index in [1.165, 1.54) is 33.7 Å². The number of fused-ring (bicyclic) bond motifs is 1. The number of hydrogen-bond donors (Lipinski definition) is 1. The van der Waals surface area contributed by atoms with Crippen molar-refractivity contribution >= 4 is 23.1 Å². The van der Waals surface area contributed by atoms with Crippen LogP contribution in [-0.2, 0) is 12.8 Å². The van der Waals surface area contributed by atoms with Gasteiger partial charge in [-0.2, -0.15) is 0 Å². The van der Waals surface area contributed by atoms with Gasteiger partial charge in [0, 0.05) is 20.9 Å². The normalized spacial score (nSPS) is 12.9. The van der Waals surface area contributed by atoms with Crippen LogP contribution in [0.2, 0.25) is 0 Å². The van der Waals surface area contributed by atoms with Crippen molar-refractivity contribution in [3.63, 3.8) is 0 Å². The molecule has 3 aromatic rings. The molecule has 0 aliphatic heterocycles. The lowest BCUT2D eigenvalue weighted by molar-refractivity contribution is 0.102. The molecular formula is C20H19N3OS. The standard InChI is InChI=1S/C20H19N3OS/c1-12-6-3-4-7-14(12)20(24)23-18-11-21-16(10-22-18)19-13(2)25-17-9-5-8-15(17)19/h3-4,6-7,10-11H,5,8-9H2,1-2H3,(H,22,23,24). The molecule has 0 atom stereocenters. The first-order valence-corrected chi connectivity index (χ1v) is 9.25. The second-order valence-electron chi connectivity index (χ2n) is 6.34. The molecular weight excluding hydrogens is 330 g/mol. The molecule has 1 N–H and O–H groups in total. The zero-order chi connectivity index (χ0) is 17.4. The topological polar surface area (TPSA) is 54.9 Å². The fraction of sp³-hybridized carbons (Fsp3) is 0.250. The maximum Gasteiger partial charge on any atom is 0.257 e. The number of aromatic nitrogens is 2. The van der Waals surface area contributed by atoms with Crippen molar-refractivity contribution in [3.8, 4) is 11.3 Å². The highest BCUT2D eigenvalue weighted by molar-refractivity contribution is 7.12. The molecule has 4 nitrogen and oxygen atoms in total. The highest BCUT2D eigenvalue weighted by atomic mass is 32.1. The molecule has 0 radical (unpaired) electrons. The first kappa shape index (κ1) is 16.0. The maximum atomic E-state index is 12.4. The smallest absolute Gasteiger partial charge is 0.257 e. The molecule has 5 heteroatoms. The molecule has 1 amide bonds. The molecule has 1 aliphatic carbocycles. The minimum absolute atomic E-state index is 0.159. The van der Waals surface area contributed by atoms with E-state index in [1.54, 1.807) is 12.4 Å². The average molecular weight is 349 g/mol. The Morgan fingerprint density at radius 2 is 1.96 bits per heavy atom. The van der Waals surface area contributed by atoms with Crippen LogP contribution in [0.4, 0.5) is 5.82 Å². The van der Waals surface area contributed by atoms with Gasteiger partial charge < -0.3 is 5.32 Å². The molecule has 0 fully saturated rings. The van der Waals surface area contributed by atoms with Gasteiger partial charge in [-0.05, 0) is 50.3 Å². The number of carbonyl (C=O) groups is 1. The largest absolute Gasteiger partial charge is 0.305 e. The van der Waals surface area contributed by atoms with Crippen LogP contribution in [0.1, 0.15) is 37.7 Å². The van der Waals surface area contributed by atoms with Gasteiger partial charge in [-0.1, -0.05) is 18.2 Å². The van der Waals surface area contributed by atoms with Crippen LogP contribution < -0.4 is 5.32 Å². The molecule has 0 saturated carbocycles. The highest BCUT2D eigenvalue weighted by Gasteiger charge is 2.22. The Morgan fingerprint density at radius 3 is 2.72 bits per heavy atom. The summed E-state index contributed by atoms with van der Waals surface area (Å²) in [4.78, 5) is 24.1. The molecule has 126 valence electrons. The van der Waals surface area contributed by atoms with Gasteiger partial charge in [0.25, 0.3) is 5.91 Å². The summed E-state index contributed by atoms with van der Waals surface area (Å²) in [5, 5.41) is 2.83. The van der Waals surface area contributed by atoms with E-state index in [4.69, 9.17) is 0 Å². The summed E-state index contributed by atoms with van der Waals surface area (Å²) in [5.41, 5.74) is 5.16. The second-order valence-corrected chi connectivity index (χ2v) is 7.65. The summed E-state index contributed by atoms with van der Waals surface area (Å²) in [6.45, 7) is 4.07. The molecule has 25 heavy (non-hydrogen) atoms. The maximum absolute atomic E-state index is 12.4. The Bertz CT molecular complexity index is 944. The Morgan fingerprint density at radius 1 is 1.12 bits per heavy atom. The van der Waals surface area contributed by atoms with Gasteiger partial charge in [-0.3, -0.25) is 9.78 Å². The third-order valence-electron chi connectivity index (χ3n) is 4.64. The fourth-order valence-corrected chi connectivity index (χ4v) is 4.68. The van der Waals surface area contributed by atoms with E-state index in [-0.39, 0.29) is 5.91 Å². The van der Waals surface area contributed by atoms with Gasteiger partial charge in [0.1, 0.15) is 0 Å². The van der Waals surface area contributed by atoms with Crippen LogP contribution in [0.3, 0.4) is 0 Å². The van der Waals surface area contributed by atoms with E-state index in [0.717, 1.165) is 17.7 Å². The zero-order valence-corrected chi connectivity index (χ0v) is 15.1. The van der Waals surface area contributed by atoms with Crippen molar-refractivity contribution in [1.29, 1.82) is 0 Å². The monoisotopic (exact) mass is 349 g/mol. The molecule has 4 rings (SSSR count). The Balaban J connectivity index is 1.57. The lowest BCUT2D eigenvalue weighted by atomic mass is 10.1. The van der Waals surface area contributed by atoms with Crippen molar-refractivity contribution in [2.45, 2.75) is 33.1 Å². The molecule has 0 spiro atoms. The third kappa shape index (κ3) is 2.96. The quantitative estimate of drug-likeness (QED) is 0.754. The van der Waals surface area contributed by atoms with Crippen molar-refractivity contribution in [3.05, 3.63) is 63.1 Å². The summed E-state index contributed by atoms with van der Waals surface area (Å²) in [6.07, 6.45) is 6.94. The summed E-state index contributed by atoms with van der Waals surface area (Å²) in [7, 11) is 0. The van der Waals surface area contributed by atoms with Gasteiger partial charge in [-0.15, -0.1) is 11.3 Å². The number of thiophene rings is 1. The van der Waals surface area contributed by atoms with E-state index < -0.39 is 0 Å². The van der Waals surface area contributed by atoms with E-state index in [0.29, 0.717) is 11.4 Å². The van der Waals surface area contributed by atoms with Crippen LogP contribution in [0, 0.1) is 13.8 Å². The van der Waals surface area contributed by atoms with Crippen LogP contribution >= 0.6 is 11.3 Å². The van der Waals surface area contributed by atoms with E-state index in [9.17, 15) is 4.79 Å². The summed E-state index contributed by atoms with van der Waals surface area (Å²) in [5.74, 6) is 0.314. The SMILES string of the molecule is Cc1ccccc1C(=O)Nc1cnc(-c2c(C)sc3c2CCC3)cn1. The van der Waals surface area contributed by atoms with Crippen molar-refractivity contribution < 1.29 is 4.79 Å². The van der Waals surface area contributed by atoms with Crippen LogP contribution in [0.25, 0.3) is 11.3 Å². The minimum Gasteiger partial charge on any atom is -0.305 e. The lowest BCUT2D eigenvalue weighted by Gasteiger charge is -2.08. The van der Waals surface area contributed by atoms with E-state index in [1.807, 2.05) is 42.5 Å². The lowest BCUT2D eigenvalue weighted by Crippen LogP contribution is -2.14. The molecule has 0 bridgehead atoms. The predicted molar refractivity (Wildman–Crippen MR) is 101 cm³/mol. The molecule has 1 aliphatic rings. The van der Waals surface area contributed by atoms with Gasteiger partial charge >= 0.3 is 0 Å². The van der Waals surface area contributed by atoms with Crippen molar-refractivity contribution in [2.24, 2.45) is 0 Å². The summed E-state index contributed by atoms with van der Waals surface area (Å²) in [6, 6.07) is 7.51. The molecule has 2 aromatic heterocycles. The van der Waals surface area contributed by atoms with Gasteiger partial charge in [0.2, 0.25) is 0 Å². The number of aryl methyl sites for hydroxylation is 3. The number of benzene rings is 1. The van der Waals surface area contributed by atoms with Crippen molar-refractivity contribution in [1.82, 2.24) is 9.97 Å². The molecule has 0 unspecified atom stereocenters. The molecule has 2 heterocycles. The highest BCUT2D eigenvalue weighted by Crippen LogP contribution is 2.40. The number of nitrogens with one attached hydrogen (secondary N) is 1. The number of anilines is 1. The minimum atomic E-state index is -0.159. The third-order valence-corrected chi connectivity index (χ3v) is 5.84. The average Bonchev–Trinajstić information content (AvgIpc) is 3.16. The first-order chi connectivity index (χ1) is 12.1. The predicted octanol–water partition coefficient (Wildman–Crippen LogP) is 4.56. The Kier molecular flexibility index (Phi) is 4.09. The first-order valence-electron chi connectivity index (χ1n) is 8.44. The fourth-order valence-electron chi connectivity index (χ4n) is 3.41. The number of carbonyl (C=O) groups excluding carboxylic acids is 1. The summed E-state index contributed by atoms with van der Waals surface area (Å²) < 4.78 is 0. The Labute approximate surface area is 151 Å². The van der Waals surface area contributed by atoms with Gasteiger partial charge in [-0.25, -0.2) is 4.98 Å². The Hall–Kier alpha value is -2.53. The second kappa shape index (κ2) is 6.41. The number of amides is 1. The van der Waals surface area contributed by atoms with E-state index in [2.05, 4.69) is 22.2 Å². The molecule has 0 saturated heterocycles. The van der Waals surface area contributed by atoms with Gasteiger partial charge in [0.15, 0.2) is 5.82 Å². The van der Waals surface area contributed by atoms with Crippen LogP contribution in [0.15, 0.2) is 36.7 Å².